The molecule has 4 N–H and O–H groups in total. The largest absolute Gasteiger partial charge is 0.388 e. The van der Waals surface area contributed by atoms with Gasteiger partial charge in [-0.2, -0.15) is 0 Å². The Bertz CT molecular complexity index is 706. The third-order valence-corrected chi connectivity index (χ3v) is 5.70. The molecule has 27 heavy (non-hydrogen) atoms. The van der Waals surface area contributed by atoms with Crippen molar-refractivity contribution in [3.8, 4) is 0 Å². The molecule has 1 spiro atoms. The number of ether oxygens (including phenoxy) is 1. The van der Waals surface area contributed by atoms with E-state index >= 15 is 0 Å². The molecule has 148 valence electrons. The molecular formula is C18H25ClN4O4. The van der Waals surface area contributed by atoms with E-state index in [1.807, 2.05) is 11.8 Å². The van der Waals surface area contributed by atoms with Crippen molar-refractivity contribution in [2.24, 2.45) is 5.73 Å². The molecule has 0 unspecified atom stereocenters. The molecule has 8 nitrogen and oxygen atoms in total. The first kappa shape index (κ1) is 20.0. The number of piperidine rings is 1. The number of hydrogen-bond donors (Lipinski definition) is 3. The Morgan fingerprint density at radius 1 is 1.44 bits per heavy atom. The number of rotatable bonds is 4. The van der Waals surface area contributed by atoms with Crippen LogP contribution in [0.25, 0.3) is 0 Å². The zero-order valence-electron chi connectivity index (χ0n) is 15.3. The average molecular weight is 397 g/mol. The molecule has 2 aliphatic rings. The number of nitrogens with two attached hydrogens (primary N) is 1. The second-order valence-corrected chi connectivity index (χ2v) is 8.10. The van der Waals surface area contributed by atoms with Crippen molar-refractivity contribution in [2.45, 2.75) is 43.4 Å². The van der Waals surface area contributed by atoms with Gasteiger partial charge in [0.1, 0.15) is 11.8 Å². The number of aliphatic hydroxyl groups is 1. The zero-order chi connectivity index (χ0) is 19.7. The second-order valence-electron chi connectivity index (χ2n) is 7.66. The van der Waals surface area contributed by atoms with Crippen LogP contribution in [0.4, 0.5) is 0 Å². The van der Waals surface area contributed by atoms with Gasteiger partial charge in [-0.3, -0.25) is 14.5 Å². The SMILES string of the molecule is C[C@@]1(NC(=O)c2ccc(Cl)cn2)CC2(CCN(CC(N)=O)CC2)OC[C@H]1O. The average Bonchev–Trinajstić information content (AvgIpc) is 2.61. The molecular weight excluding hydrogens is 372 g/mol. The number of carbonyl (C=O) groups excluding carboxylic acids is 2. The highest BCUT2D eigenvalue weighted by Crippen LogP contribution is 2.39. The lowest BCUT2D eigenvalue weighted by molar-refractivity contribution is -0.177. The fraction of sp³-hybridized carbons (Fsp3) is 0.611. The maximum atomic E-state index is 12.6. The summed E-state index contributed by atoms with van der Waals surface area (Å²) in [5.41, 5.74) is 4.22. The molecule has 0 bridgehead atoms. The van der Waals surface area contributed by atoms with Crippen LogP contribution in [0.15, 0.2) is 18.3 Å². The van der Waals surface area contributed by atoms with Crippen molar-refractivity contribution < 1.29 is 19.4 Å². The smallest absolute Gasteiger partial charge is 0.270 e. The molecule has 2 amide bonds. The number of nitrogens with zero attached hydrogens (tertiary/aromatic N) is 2. The molecule has 2 saturated heterocycles. The Morgan fingerprint density at radius 2 is 2.15 bits per heavy atom. The number of halogens is 1. The molecule has 2 atom stereocenters. The van der Waals surface area contributed by atoms with E-state index in [4.69, 9.17) is 22.1 Å². The number of carbonyl (C=O) groups is 2. The first-order valence-corrected chi connectivity index (χ1v) is 9.36. The number of aromatic nitrogens is 1. The summed E-state index contributed by atoms with van der Waals surface area (Å²) < 4.78 is 5.99. The molecule has 2 aliphatic heterocycles. The van der Waals surface area contributed by atoms with Crippen LogP contribution in [0.3, 0.4) is 0 Å². The van der Waals surface area contributed by atoms with Gasteiger partial charge in [0.25, 0.3) is 5.91 Å². The fourth-order valence-corrected chi connectivity index (χ4v) is 4.01. The van der Waals surface area contributed by atoms with Crippen LogP contribution in [0, 0.1) is 0 Å². The first-order valence-electron chi connectivity index (χ1n) is 8.98. The Labute approximate surface area is 163 Å². The van der Waals surface area contributed by atoms with Crippen molar-refractivity contribution in [1.82, 2.24) is 15.2 Å². The Balaban J connectivity index is 1.68. The van der Waals surface area contributed by atoms with Crippen molar-refractivity contribution in [2.75, 3.05) is 26.2 Å². The third kappa shape index (κ3) is 4.57. The second kappa shape index (κ2) is 7.71. The summed E-state index contributed by atoms with van der Waals surface area (Å²) in [5.74, 6) is -0.713. The summed E-state index contributed by atoms with van der Waals surface area (Å²) in [6, 6.07) is 3.15. The van der Waals surface area contributed by atoms with Gasteiger partial charge in [0.05, 0.1) is 29.3 Å². The van der Waals surface area contributed by atoms with E-state index < -0.39 is 17.2 Å². The van der Waals surface area contributed by atoms with Crippen LogP contribution in [-0.4, -0.2) is 70.3 Å². The van der Waals surface area contributed by atoms with Crippen molar-refractivity contribution in [3.05, 3.63) is 29.0 Å². The predicted molar refractivity (Wildman–Crippen MR) is 99.3 cm³/mol. The molecule has 0 aromatic carbocycles. The Hall–Kier alpha value is -1.74. The molecule has 0 radical (unpaired) electrons. The van der Waals surface area contributed by atoms with Crippen LogP contribution in [-0.2, 0) is 9.53 Å². The van der Waals surface area contributed by atoms with Gasteiger partial charge < -0.3 is 20.9 Å². The highest BCUT2D eigenvalue weighted by molar-refractivity contribution is 6.30. The summed E-state index contributed by atoms with van der Waals surface area (Å²) in [6.45, 7) is 3.56. The van der Waals surface area contributed by atoms with E-state index in [0.29, 0.717) is 37.4 Å². The number of nitrogens with one attached hydrogen (secondary N) is 1. The van der Waals surface area contributed by atoms with Gasteiger partial charge in [-0.1, -0.05) is 11.6 Å². The molecule has 2 fully saturated rings. The standard InChI is InChI=1S/C18H25ClN4O4/c1-17(22-16(26)13-3-2-12(19)8-21-13)11-18(27-10-14(17)24)4-6-23(7-5-18)9-15(20)25/h2-3,8,14,24H,4-7,9-11H2,1H3,(H2,20,25)(H,22,26)/t14-,17-/m1/s1. The number of primary amides is 1. The monoisotopic (exact) mass is 396 g/mol. The lowest BCUT2D eigenvalue weighted by atomic mass is 9.74. The highest BCUT2D eigenvalue weighted by Gasteiger charge is 2.50. The van der Waals surface area contributed by atoms with Crippen molar-refractivity contribution in [3.63, 3.8) is 0 Å². The predicted octanol–water partition coefficient (Wildman–Crippen LogP) is 0.325. The van der Waals surface area contributed by atoms with Crippen LogP contribution >= 0.6 is 11.6 Å². The summed E-state index contributed by atoms with van der Waals surface area (Å²) in [4.78, 5) is 29.7. The normalized spacial score (nSPS) is 28.0. The maximum absolute atomic E-state index is 12.6. The Morgan fingerprint density at radius 3 is 2.74 bits per heavy atom. The maximum Gasteiger partial charge on any atom is 0.270 e. The molecule has 1 aromatic heterocycles. The minimum absolute atomic E-state index is 0.140. The van der Waals surface area contributed by atoms with E-state index in [1.54, 1.807) is 12.1 Å². The van der Waals surface area contributed by atoms with E-state index in [1.165, 1.54) is 6.20 Å². The van der Waals surface area contributed by atoms with E-state index in [2.05, 4.69) is 10.3 Å². The summed E-state index contributed by atoms with van der Waals surface area (Å²) in [5, 5.41) is 13.9. The summed E-state index contributed by atoms with van der Waals surface area (Å²) in [6.07, 6.45) is 2.47. The topological polar surface area (TPSA) is 118 Å². The quantitative estimate of drug-likeness (QED) is 0.674. The fourth-order valence-electron chi connectivity index (χ4n) is 3.90. The molecule has 3 heterocycles. The number of pyridine rings is 1. The van der Waals surface area contributed by atoms with Crippen LogP contribution in [0.1, 0.15) is 36.7 Å². The van der Waals surface area contributed by atoms with Crippen LogP contribution in [0.2, 0.25) is 5.02 Å². The molecule has 0 aliphatic carbocycles. The van der Waals surface area contributed by atoms with Gasteiger partial charge >= 0.3 is 0 Å². The van der Waals surface area contributed by atoms with Gasteiger partial charge in [0.2, 0.25) is 5.91 Å². The molecule has 1 aromatic rings. The summed E-state index contributed by atoms with van der Waals surface area (Å²) >= 11 is 5.82. The zero-order valence-corrected chi connectivity index (χ0v) is 16.0. The van der Waals surface area contributed by atoms with Gasteiger partial charge in [-0.05, 0) is 31.9 Å². The lowest BCUT2D eigenvalue weighted by Gasteiger charge is -2.51. The van der Waals surface area contributed by atoms with E-state index in [0.717, 1.165) is 0 Å². The van der Waals surface area contributed by atoms with E-state index in [-0.39, 0.29) is 30.7 Å². The number of aliphatic hydroxyl groups excluding tert-OH is 1. The Kier molecular flexibility index (Phi) is 5.71. The minimum atomic E-state index is -0.845. The first-order chi connectivity index (χ1) is 12.7. The number of likely N-dealkylation sites (tertiary alicyclic amines) is 1. The van der Waals surface area contributed by atoms with Gasteiger partial charge in [0.15, 0.2) is 0 Å². The van der Waals surface area contributed by atoms with Gasteiger partial charge in [-0.15, -0.1) is 0 Å². The van der Waals surface area contributed by atoms with Gasteiger partial charge in [-0.25, -0.2) is 4.98 Å². The molecule has 3 rings (SSSR count). The van der Waals surface area contributed by atoms with E-state index in [9.17, 15) is 14.7 Å². The number of amides is 2. The molecule has 9 heteroatoms. The number of hydrogen-bond acceptors (Lipinski definition) is 6. The van der Waals surface area contributed by atoms with Crippen molar-refractivity contribution >= 4 is 23.4 Å². The van der Waals surface area contributed by atoms with Crippen LogP contribution in [0.5, 0.6) is 0 Å². The van der Waals surface area contributed by atoms with Crippen LogP contribution < -0.4 is 11.1 Å². The summed E-state index contributed by atoms with van der Waals surface area (Å²) in [7, 11) is 0. The third-order valence-electron chi connectivity index (χ3n) is 5.48. The highest BCUT2D eigenvalue weighted by atomic mass is 35.5. The lowest BCUT2D eigenvalue weighted by Crippen LogP contribution is -2.65. The molecule has 0 saturated carbocycles. The van der Waals surface area contributed by atoms with Crippen molar-refractivity contribution in [1.29, 1.82) is 0 Å². The minimum Gasteiger partial charge on any atom is -0.388 e. The van der Waals surface area contributed by atoms with Gasteiger partial charge in [0, 0.05) is 25.7 Å².